The minimum atomic E-state index is 1.02. The highest BCUT2D eigenvalue weighted by atomic mass is 13.9. The molecular weight excluding hydrogens is 204 g/mol. The second-order valence-corrected chi connectivity index (χ2v) is 3.05. The van der Waals surface area contributed by atoms with Crippen LogP contribution in [0.3, 0.4) is 0 Å². The molecule has 102 valence electrons. The average molecular weight is 238 g/mol. The van der Waals surface area contributed by atoms with E-state index < -0.39 is 0 Å². The van der Waals surface area contributed by atoms with Crippen molar-refractivity contribution in [2.45, 2.75) is 61.3 Å². The summed E-state index contributed by atoms with van der Waals surface area (Å²) in [6.45, 7) is 24.8. The zero-order valence-corrected chi connectivity index (χ0v) is 13.3. The van der Waals surface area contributed by atoms with Crippen molar-refractivity contribution in [2.75, 3.05) is 0 Å². The van der Waals surface area contributed by atoms with Crippen molar-refractivity contribution >= 4 is 0 Å². The van der Waals surface area contributed by atoms with Crippen LogP contribution in [0.25, 0.3) is 0 Å². The van der Waals surface area contributed by atoms with Gasteiger partial charge in [-0.1, -0.05) is 90.2 Å². The van der Waals surface area contributed by atoms with Gasteiger partial charge in [0.25, 0.3) is 0 Å². The Hall–Kier alpha value is -1.04. The van der Waals surface area contributed by atoms with Crippen LogP contribution in [0.2, 0.25) is 0 Å². The van der Waals surface area contributed by atoms with Crippen LogP contribution >= 0.6 is 0 Å². The van der Waals surface area contributed by atoms with E-state index in [9.17, 15) is 0 Å². The average Bonchev–Trinajstić information content (AvgIpc) is 2.35. The lowest BCUT2D eigenvalue weighted by Crippen LogP contribution is -1.71. The molecule has 0 amide bonds. The third-order valence-electron chi connectivity index (χ3n) is 1.40. The van der Waals surface area contributed by atoms with Crippen LogP contribution in [0, 0.1) is 0 Å². The molecule has 0 saturated carbocycles. The minimum Gasteiger partial charge on any atom is -0.0991 e. The fourth-order valence-corrected chi connectivity index (χ4v) is 0.679. The summed E-state index contributed by atoms with van der Waals surface area (Å²) in [5, 5.41) is 0. The first-order valence-corrected chi connectivity index (χ1v) is 6.64. The summed E-state index contributed by atoms with van der Waals surface area (Å²) in [5.41, 5.74) is 2.44. The van der Waals surface area contributed by atoms with Gasteiger partial charge in [0.2, 0.25) is 0 Å². The summed E-state index contributed by atoms with van der Waals surface area (Å²) in [4.78, 5) is 0. The van der Waals surface area contributed by atoms with Crippen LogP contribution in [0.1, 0.15) is 61.3 Å². The SMILES string of the molecule is C=C/C=C(/C)CCC.C=CC(=C)C.CC.CC. The van der Waals surface area contributed by atoms with Gasteiger partial charge in [0, 0.05) is 0 Å². The van der Waals surface area contributed by atoms with Crippen LogP contribution in [-0.4, -0.2) is 0 Å². The molecule has 0 aliphatic rings. The van der Waals surface area contributed by atoms with Gasteiger partial charge in [0.05, 0.1) is 0 Å². The van der Waals surface area contributed by atoms with E-state index in [-0.39, 0.29) is 0 Å². The highest BCUT2D eigenvalue weighted by Gasteiger charge is 1.81. The molecule has 0 N–H and O–H groups in total. The van der Waals surface area contributed by atoms with Crippen LogP contribution in [0.15, 0.2) is 49.1 Å². The Morgan fingerprint density at radius 1 is 1.00 bits per heavy atom. The Labute approximate surface area is 111 Å². The summed E-state index contributed by atoms with van der Waals surface area (Å²) < 4.78 is 0. The Morgan fingerprint density at radius 2 is 1.35 bits per heavy atom. The lowest BCUT2D eigenvalue weighted by molar-refractivity contribution is 0.906. The van der Waals surface area contributed by atoms with E-state index in [0.29, 0.717) is 0 Å². The first kappa shape index (κ1) is 25.0. The molecule has 0 aromatic rings. The molecule has 0 fully saturated rings. The maximum absolute atomic E-state index is 3.61. The van der Waals surface area contributed by atoms with Gasteiger partial charge in [-0.25, -0.2) is 0 Å². The van der Waals surface area contributed by atoms with E-state index in [1.807, 2.05) is 40.7 Å². The van der Waals surface area contributed by atoms with E-state index in [2.05, 4.69) is 39.7 Å². The molecule has 0 bridgehead atoms. The molecule has 0 aromatic carbocycles. The Kier molecular flexibility index (Phi) is 43.2. The highest BCUT2D eigenvalue weighted by molar-refractivity contribution is 5.07. The van der Waals surface area contributed by atoms with Gasteiger partial charge in [0.15, 0.2) is 0 Å². The maximum Gasteiger partial charge on any atom is -0.0323 e. The van der Waals surface area contributed by atoms with E-state index in [1.165, 1.54) is 18.4 Å². The fraction of sp³-hybridized carbons (Fsp3) is 0.529. The Balaban J connectivity index is -0.0000000809. The molecule has 0 radical (unpaired) electrons. The van der Waals surface area contributed by atoms with E-state index in [4.69, 9.17) is 0 Å². The maximum atomic E-state index is 3.61. The second-order valence-electron chi connectivity index (χ2n) is 3.05. The lowest BCUT2D eigenvalue weighted by atomic mass is 10.2. The molecule has 0 aliphatic heterocycles. The smallest absolute Gasteiger partial charge is 0.0323 e. The molecule has 0 aromatic heterocycles. The van der Waals surface area contributed by atoms with Crippen LogP contribution in [0.5, 0.6) is 0 Å². The zero-order valence-electron chi connectivity index (χ0n) is 13.3. The molecule has 0 saturated heterocycles. The van der Waals surface area contributed by atoms with Crippen LogP contribution in [0.4, 0.5) is 0 Å². The fourth-order valence-electron chi connectivity index (χ4n) is 0.679. The third kappa shape index (κ3) is 51.9. The zero-order chi connectivity index (χ0) is 14.7. The first-order chi connectivity index (χ1) is 8.08. The van der Waals surface area contributed by atoms with Crippen molar-refractivity contribution in [3.63, 3.8) is 0 Å². The minimum absolute atomic E-state index is 1.02. The van der Waals surface area contributed by atoms with Gasteiger partial charge >= 0.3 is 0 Å². The lowest BCUT2D eigenvalue weighted by Gasteiger charge is -1.91. The summed E-state index contributed by atoms with van der Waals surface area (Å²) >= 11 is 0. The molecule has 0 spiro atoms. The van der Waals surface area contributed by atoms with Crippen molar-refractivity contribution in [1.29, 1.82) is 0 Å². The molecular formula is C17H34. The summed E-state index contributed by atoms with van der Waals surface area (Å²) in [7, 11) is 0. The normalized spacial score (nSPS) is 8.06. The van der Waals surface area contributed by atoms with Gasteiger partial charge in [-0.05, 0) is 20.3 Å². The van der Waals surface area contributed by atoms with Crippen molar-refractivity contribution in [1.82, 2.24) is 0 Å². The summed E-state index contributed by atoms with van der Waals surface area (Å²) in [6, 6.07) is 0. The van der Waals surface area contributed by atoms with Crippen LogP contribution in [-0.2, 0) is 0 Å². The molecule has 0 atom stereocenters. The van der Waals surface area contributed by atoms with Gasteiger partial charge < -0.3 is 0 Å². The Morgan fingerprint density at radius 3 is 1.53 bits per heavy atom. The molecule has 0 heterocycles. The molecule has 17 heavy (non-hydrogen) atoms. The van der Waals surface area contributed by atoms with Gasteiger partial charge in [0.1, 0.15) is 0 Å². The topological polar surface area (TPSA) is 0 Å². The van der Waals surface area contributed by atoms with Crippen molar-refractivity contribution < 1.29 is 0 Å². The predicted molar refractivity (Wildman–Crippen MR) is 86.6 cm³/mol. The molecule has 0 nitrogen and oxygen atoms in total. The van der Waals surface area contributed by atoms with Crippen LogP contribution < -0.4 is 0 Å². The largest absolute Gasteiger partial charge is 0.0991 e. The molecule has 0 rings (SSSR count). The number of rotatable bonds is 4. The van der Waals surface area contributed by atoms with E-state index >= 15 is 0 Å². The summed E-state index contributed by atoms with van der Waals surface area (Å²) in [6.07, 6.45) is 8.05. The van der Waals surface area contributed by atoms with Crippen molar-refractivity contribution in [3.8, 4) is 0 Å². The van der Waals surface area contributed by atoms with Crippen molar-refractivity contribution in [3.05, 3.63) is 49.1 Å². The first-order valence-electron chi connectivity index (χ1n) is 6.64. The van der Waals surface area contributed by atoms with E-state index in [0.717, 1.165) is 5.57 Å². The number of hydrogen-bond acceptors (Lipinski definition) is 0. The van der Waals surface area contributed by atoms with Gasteiger partial charge in [-0.2, -0.15) is 0 Å². The van der Waals surface area contributed by atoms with E-state index in [1.54, 1.807) is 6.08 Å². The second kappa shape index (κ2) is 29.4. The van der Waals surface area contributed by atoms with Gasteiger partial charge in [-0.3, -0.25) is 0 Å². The molecule has 0 heteroatoms. The molecule has 0 aliphatic carbocycles. The third-order valence-corrected chi connectivity index (χ3v) is 1.40. The number of hydrogen-bond donors (Lipinski definition) is 0. The number of allylic oxidation sites excluding steroid dienone is 5. The monoisotopic (exact) mass is 238 g/mol. The van der Waals surface area contributed by atoms with Crippen molar-refractivity contribution in [2.24, 2.45) is 0 Å². The summed E-state index contributed by atoms with van der Waals surface area (Å²) in [5.74, 6) is 0. The standard InChI is InChI=1S/C8H14.C5H8.2C2H6/c1-4-6-8(3)7-5-2;1-4-5(2)3;2*1-2/h4,6H,1,5,7H2,2-3H3;4H,1-2H2,3H3;2*1-2H3/b8-6-;;;. The quantitative estimate of drug-likeness (QED) is 0.477. The predicted octanol–water partition coefficient (Wildman–Crippen LogP) is 6.72. The molecule has 0 unspecified atom stereocenters. The Bertz CT molecular complexity index is 182. The van der Waals surface area contributed by atoms with Gasteiger partial charge in [-0.15, -0.1) is 0 Å². The highest BCUT2D eigenvalue weighted by Crippen LogP contribution is 2.01.